The van der Waals surface area contributed by atoms with Gasteiger partial charge in [0.2, 0.25) is 0 Å². The molecule has 3 N–H and O–H groups in total. The van der Waals surface area contributed by atoms with Crippen LogP contribution < -0.4 is 5.73 Å². The molecule has 0 fully saturated rings. The number of esters is 2. The van der Waals surface area contributed by atoms with Gasteiger partial charge in [0.25, 0.3) is 0 Å². The Morgan fingerprint density at radius 2 is 1.89 bits per heavy atom. The molecule has 0 aromatic rings. The zero-order chi connectivity index (χ0) is 14.0. The monoisotopic (exact) mass is 261 g/mol. The van der Waals surface area contributed by atoms with E-state index in [1.807, 2.05) is 6.92 Å². The van der Waals surface area contributed by atoms with Crippen molar-refractivity contribution in [2.45, 2.75) is 38.6 Å². The summed E-state index contributed by atoms with van der Waals surface area (Å²) in [5.74, 6) is -2.46. The van der Waals surface area contributed by atoms with Gasteiger partial charge >= 0.3 is 17.9 Å². The first kappa shape index (κ1) is 16.4. The van der Waals surface area contributed by atoms with Gasteiger partial charge in [-0.2, -0.15) is 0 Å². The van der Waals surface area contributed by atoms with Gasteiger partial charge in [0.05, 0.1) is 6.61 Å². The number of unbranched alkanes of at least 4 members (excludes halogenated alkanes) is 1. The van der Waals surface area contributed by atoms with Gasteiger partial charge in [-0.1, -0.05) is 13.3 Å². The molecule has 7 heteroatoms. The molecule has 18 heavy (non-hydrogen) atoms. The first-order chi connectivity index (χ1) is 8.47. The maximum absolute atomic E-state index is 11.1. The van der Waals surface area contributed by atoms with Crippen molar-refractivity contribution in [2.75, 3.05) is 13.2 Å². The van der Waals surface area contributed by atoms with E-state index in [0.717, 1.165) is 12.8 Å². The van der Waals surface area contributed by atoms with Gasteiger partial charge in [-0.3, -0.25) is 9.59 Å². The number of ether oxygens (including phenoxy) is 2. The van der Waals surface area contributed by atoms with Crippen LogP contribution in [0.5, 0.6) is 0 Å². The van der Waals surface area contributed by atoms with Crippen LogP contribution in [0.25, 0.3) is 0 Å². The van der Waals surface area contributed by atoms with Crippen molar-refractivity contribution in [2.24, 2.45) is 5.73 Å². The van der Waals surface area contributed by atoms with E-state index >= 15 is 0 Å². The van der Waals surface area contributed by atoms with Gasteiger partial charge in [0.15, 0.2) is 6.61 Å². The highest BCUT2D eigenvalue weighted by Gasteiger charge is 2.15. The third kappa shape index (κ3) is 8.51. The van der Waals surface area contributed by atoms with E-state index in [1.165, 1.54) is 0 Å². The topological polar surface area (TPSA) is 116 Å². The number of carboxylic acid groups (broad SMARTS) is 1. The molecule has 0 aliphatic carbocycles. The predicted molar refractivity (Wildman–Crippen MR) is 61.7 cm³/mol. The molecule has 0 aromatic heterocycles. The Labute approximate surface area is 105 Å². The minimum Gasteiger partial charge on any atom is -0.480 e. The second-order valence-corrected chi connectivity index (χ2v) is 3.72. The van der Waals surface area contributed by atoms with E-state index in [1.54, 1.807) is 0 Å². The summed E-state index contributed by atoms with van der Waals surface area (Å²) in [6.07, 6.45) is 1.49. The van der Waals surface area contributed by atoms with Gasteiger partial charge < -0.3 is 20.3 Å². The third-order valence-corrected chi connectivity index (χ3v) is 2.09. The highest BCUT2D eigenvalue weighted by molar-refractivity contribution is 5.77. The van der Waals surface area contributed by atoms with Crippen LogP contribution in [0.4, 0.5) is 0 Å². The van der Waals surface area contributed by atoms with Crippen LogP contribution in [-0.2, 0) is 23.9 Å². The molecular weight excluding hydrogens is 242 g/mol. The number of nitrogens with two attached hydrogens (primary N) is 1. The van der Waals surface area contributed by atoms with Crippen molar-refractivity contribution in [1.82, 2.24) is 0 Å². The van der Waals surface area contributed by atoms with E-state index in [2.05, 4.69) is 4.74 Å². The molecular formula is C11H19NO6. The predicted octanol–water partition coefficient (Wildman–Crippen LogP) is 0.0650. The minimum absolute atomic E-state index is 0.0287. The molecule has 0 aliphatic heterocycles. The Morgan fingerprint density at radius 3 is 2.44 bits per heavy atom. The number of rotatable bonds is 9. The Balaban J connectivity index is 3.64. The molecule has 0 saturated carbocycles. The maximum atomic E-state index is 11.1. The smallest absolute Gasteiger partial charge is 0.344 e. The summed E-state index contributed by atoms with van der Waals surface area (Å²) in [5.41, 5.74) is 5.20. The van der Waals surface area contributed by atoms with E-state index in [0.29, 0.717) is 6.61 Å². The molecule has 0 bridgehead atoms. The number of carbonyl (C=O) groups is 3. The van der Waals surface area contributed by atoms with Crippen molar-refractivity contribution in [3.05, 3.63) is 0 Å². The van der Waals surface area contributed by atoms with Crippen LogP contribution in [0.15, 0.2) is 0 Å². The molecule has 0 heterocycles. The lowest BCUT2D eigenvalue weighted by Crippen LogP contribution is -2.31. The molecule has 0 rings (SSSR count). The first-order valence-electron chi connectivity index (χ1n) is 5.77. The van der Waals surface area contributed by atoms with Gasteiger partial charge in [-0.25, -0.2) is 4.79 Å². The molecule has 7 nitrogen and oxygen atoms in total. The largest absolute Gasteiger partial charge is 0.480 e. The van der Waals surface area contributed by atoms with Crippen molar-refractivity contribution in [3.8, 4) is 0 Å². The van der Waals surface area contributed by atoms with Gasteiger partial charge in [0.1, 0.15) is 6.04 Å². The zero-order valence-electron chi connectivity index (χ0n) is 10.4. The van der Waals surface area contributed by atoms with Crippen molar-refractivity contribution < 1.29 is 29.0 Å². The average molecular weight is 261 g/mol. The Kier molecular flexibility index (Phi) is 8.55. The Morgan fingerprint density at radius 1 is 1.22 bits per heavy atom. The summed E-state index contributed by atoms with van der Waals surface area (Å²) in [4.78, 5) is 32.5. The van der Waals surface area contributed by atoms with E-state index < -0.39 is 30.6 Å². The first-order valence-corrected chi connectivity index (χ1v) is 5.77. The molecule has 104 valence electrons. The Bertz CT molecular complexity index is 291. The summed E-state index contributed by atoms with van der Waals surface area (Å²) in [6, 6.07) is -1.10. The summed E-state index contributed by atoms with van der Waals surface area (Å²) in [5, 5.41) is 8.48. The molecule has 0 radical (unpaired) electrons. The molecule has 1 atom stereocenters. The van der Waals surface area contributed by atoms with Crippen LogP contribution in [0, 0.1) is 0 Å². The van der Waals surface area contributed by atoms with Crippen LogP contribution in [0.3, 0.4) is 0 Å². The fourth-order valence-electron chi connectivity index (χ4n) is 0.980. The Hall–Kier alpha value is -1.63. The molecule has 0 spiro atoms. The standard InChI is InChI=1S/C11H19NO6/c1-2-3-6-17-10(14)7-18-9(13)5-4-8(12)11(15)16/h8H,2-7,12H2,1H3,(H,15,16)/t8-/m0/s1. The van der Waals surface area contributed by atoms with Gasteiger partial charge in [0, 0.05) is 6.42 Å². The lowest BCUT2D eigenvalue weighted by molar-refractivity contribution is -0.159. The lowest BCUT2D eigenvalue weighted by Gasteiger charge is -2.07. The molecule has 0 aromatic carbocycles. The number of hydrogen-bond acceptors (Lipinski definition) is 6. The van der Waals surface area contributed by atoms with Crippen molar-refractivity contribution >= 4 is 17.9 Å². The normalized spacial score (nSPS) is 11.7. The highest BCUT2D eigenvalue weighted by Crippen LogP contribution is 1.98. The third-order valence-electron chi connectivity index (χ3n) is 2.09. The van der Waals surface area contributed by atoms with Gasteiger partial charge in [-0.05, 0) is 12.8 Å². The van der Waals surface area contributed by atoms with Gasteiger partial charge in [-0.15, -0.1) is 0 Å². The van der Waals surface area contributed by atoms with Crippen LogP contribution in [0.2, 0.25) is 0 Å². The summed E-state index contributed by atoms with van der Waals surface area (Å²) in [6.45, 7) is 1.81. The van der Waals surface area contributed by atoms with Crippen LogP contribution in [0.1, 0.15) is 32.6 Å². The molecule has 0 amide bonds. The summed E-state index contributed by atoms with van der Waals surface area (Å²) in [7, 11) is 0. The van der Waals surface area contributed by atoms with Crippen LogP contribution in [-0.4, -0.2) is 42.3 Å². The zero-order valence-corrected chi connectivity index (χ0v) is 10.4. The second-order valence-electron chi connectivity index (χ2n) is 3.72. The van der Waals surface area contributed by atoms with E-state index in [-0.39, 0.29) is 12.8 Å². The minimum atomic E-state index is -1.18. The van der Waals surface area contributed by atoms with Crippen molar-refractivity contribution in [3.63, 3.8) is 0 Å². The van der Waals surface area contributed by atoms with Crippen LogP contribution >= 0.6 is 0 Å². The quantitative estimate of drug-likeness (QED) is 0.445. The van der Waals surface area contributed by atoms with E-state index in [9.17, 15) is 14.4 Å². The number of hydrogen-bond donors (Lipinski definition) is 2. The lowest BCUT2D eigenvalue weighted by atomic mass is 10.2. The molecule has 0 unspecified atom stereocenters. The fourth-order valence-corrected chi connectivity index (χ4v) is 0.980. The molecule has 0 saturated heterocycles. The SMILES string of the molecule is CCCCOC(=O)COC(=O)CC[C@H](N)C(=O)O. The van der Waals surface area contributed by atoms with Crippen molar-refractivity contribution in [1.29, 1.82) is 0 Å². The number of carboxylic acids is 1. The highest BCUT2D eigenvalue weighted by atomic mass is 16.6. The number of carbonyl (C=O) groups excluding carboxylic acids is 2. The maximum Gasteiger partial charge on any atom is 0.344 e. The van der Waals surface area contributed by atoms with E-state index in [4.69, 9.17) is 15.6 Å². The second kappa shape index (κ2) is 9.41. The molecule has 0 aliphatic rings. The average Bonchev–Trinajstić information content (AvgIpc) is 2.33. The number of aliphatic carboxylic acids is 1. The fraction of sp³-hybridized carbons (Fsp3) is 0.727. The summed E-state index contributed by atoms with van der Waals surface area (Å²) < 4.78 is 9.36. The summed E-state index contributed by atoms with van der Waals surface area (Å²) >= 11 is 0.